The van der Waals surface area contributed by atoms with Crippen LogP contribution in [-0.2, 0) is 4.74 Å². The number of ether oxygens (including phenoxy) is 1. The minimum atomic E-state index is -1.03. The van der Waals surface area contributed by atoms with Crippen LogP contribution in [0.15, 0.2) is 17.1 Å². The number of anilines is 1. The van der Waals surface area contributed by atoms with E-state index in [1.807, 2.05) is 0 Å². The lowest BCUT2D eigenvalue weighted by Crippen LogP contribution is -2.35. The molecule has 5 N–H and O–H groups in total. The topological polar surface area (TPSA) is 131 Å². The van der Waals surface area contributed by atoms with Crippen LogP contribution in [0, 0.1) is 0 Å². The van der Waals surface area contributed by atoms with E-state index in [9.17, 15) is 4.79 Å². The van der Waals surface area contributed by atoms with Crippen molar-refractivity contribution in [2.75, 3.05) is 25.6 Å². The number of rotatable bonds is 6. The molecule has 1 heterocycles. The molecule has 0 fully saturated rings. The molecule has 0 saturated heterocycles. The van der Waals surface area contributed by atoms with Crippen LogP contribution in [0.1, 0.15) is 6.23 Å². The molecule has 0 radical (unpaired) electrons. The highest BCUT2D eigenvalue weighted by atomic mass is 16.5. The second-order valence-electron chi connectivity index (χ2n) is 3.30. The van der Waals surface area contributed by atoms with Crippen LogP contribution in [0.25, 0.3) is 0 Å². The maximum atomic E-state index is 11.5. The highest BCUT2D eigenvalue weighted by Gasteiger charge is 2.17. The predicted molar refractivity (Wildman–Crippen MR) is 58.1 cm³/mol. The molecule has 1 unspecified atom stereocenters. The average Bonchev–Trinajstić information content (AvgIpc) is 2.32. The third kappa shape index (κ3) is 3.49. The van der Waals surface area contributed by atoms with Crippen LogP contribution in [0.4, 0.5) is 5.82 Å². The zero-order valence-corrected chi connectivity index (χ0v) is 9.06. The largest absolute Gasteiger partial charge is 0.394 e. The number of aliphatic hydroxyl groups is 3. The third-order valence-corrected chi connectivity index (χ3v) is 2.07. The van der Waals surface area contributed by atoms with Gasteiger partial charge in [0.1, 0.15) is 11.9 Å². The normalized spacial score (nSPS) is 12.9. The fourth-order valence-corrected chi connectivity index (χ4v) is 1.21. The molecule has 1 aromatic rings. The van der Waals surface area contributed by atoms with Crippen LogP contribution < -0.4 is 11.4 Å². The van der Waals surface area contributed by atoms with E-state index in [4.69, 9.17) is 25.8 Å². The van der Waals surface area contributed by atoms with Crippen LogP contribution in [0.2, 0.25) is 0 Å². The Hall–Kier alpha value is -1.48. The number of nitrogens with zero attached hydrogens (tertiary/aromatic N) is 2. The van der Waals surface area contributed by atoms with Gasteiger partial charge in [-0.3, -0.25) is 4.57 Å². The molecule has 0 aliphatic heterocycles. The first-order valence-corrected chi connectivity index (χ1v) is 4.95. The van der Waals surface area contributed by atoms with E-state index in [1.54, 1.807) is 0 Å². The molecule has 0 amide bonds. The van der Waals surface area contributed by atoms with Crippen molar-refractivity contribution >= 4 is 5.82 Å². The Labute approximate surface area is 96.9 Å². The summed E-state index contributed by atoms with van der Waals surface area (Å²) in [5.74, 6) is 0.0591. The first-order chi connectivity index (χ1) is 8.12. The number of nitrogen functional groups attached to an aromatic ring is 1. The fraction of sp³-hybridized carbons (Fsp3) is 0.556. The van der Waals surface area contributed by atoms with Gasteiger partial charge in [-0.05, 0) is 6.07 Å². The van der Waals surface area contributed by atoms with Gasteiger partial charge in [0.2, 0.25) is 0 Å². The van der Waals surface area contributed by atoms with Gasteiger partial charge in [-0.15, -0.1) is 0 Å². The van der Waals surface area contributed by atoms with E-state index in [2.05, 4.69) is 4.98 Å². The van der Waals surface area contributed by atoms with Crippen molar-refractivity contribution in [1.82, 2.24) is 9.55 Å². The average molecular weight is 245 g/mol. The summed E-state index contributed by atoms with van der Waals surface area (Å²) in [5.41, 5.74) is 4.63. The monoisotopic (exact) mass is 245 g/mol. The zero-order valence-electron chi connectivity index (χ0n) is 9.06. The number of nitrogens with two attached hydrogens (primary N) is 1. The summed E-state index contributed by atoms with van der Waals surface area (Å²) in [6.45, 7) is -1.35. The second-order valence-corrected chi connectivity index (χ2v) is 3.30. The summed E-state index contributed by atoms with van der Waals surface area (Å²) < 4.78 is 6.16. The van der Waals surface area contributed by atoms with Gasteiger partial charge in [-0.2, -0.15) is 4.98 Å². The van der Waals surface area contributed by atoms with Crippen molar-refractivity contribution in [3.8, 4) is 0 Å². The molecule has 0 aromatic carbocycles. The lowest BCUT2D eigenvalue weighted by Gasteiger charge is -2.22. The van der Waals surface area contributed by atoms with E-state index in [1.165, 1.54) is 12.3 Å². The lowest BCUT2D eigenvalue weighted by atomic mass is 10.4. The molecule has 0 aliphatic carbocycles. The molecule has 0 spiro atoms. The number of aliphatic hydroxyl groups excluding tert-OH is 3. The third-order valence-electron chi connectivity index (χ3n) is 2.07. The molecule has 8 heteroatoms. The zero-order chi connectivity index (χ0) is 12.8. The molecule has 17 heavy (non-hydrogen) atoms. The predicted octanol–water partition coefficient (Wildman–Crippen LogP) is -2.31. The van der Waals surface area contributed by atoms with E-state index in [0.717, 1.165) is 4.57 Å². The van der Waals surface area contributed by atoms with E-state index < -0.39 is 37.8 Å². The number of aromatic nitrogens is 2. The molecule has 0 bridgehead atoms. The Bertz CT molecular complexity index is 404. The SMILES string of the molecule is Nc1ccn(C(CO)OC(CO)CO)c(=O)n1. The molecule has 8 nitrogen and oxygen atoms in total. The summed E-state index contributed by atoms with van der Waals surface area (Å²) in [6, 6.07) is 1.38. The standard InChI is InChI=1S/C9H15N3O5/c10-7-1-2-12(9(16)11-7)8(5-15)17-6(3-13)4-14/h1-2,6,8,13-15H,3-5H2,(H2,10,11,16). The van der Waals surface area contributed by atoms with Gasteiger partial charge in [0.15, 0.2) is 6.23 Å². The van der Waals surface area contributed by atoms with Crippen molar-refractivity contribution in [2.24, 2.45) is 0 Å². The first kappa shape index (κ1) is 13.6. The maximum absolute atomic E-state index is 11.5. The quantitative estimate of drug-likeness (QED) is 0.442. The maximum Gasteiger partial charge on any atom is 0.351 e. The van der Waals surface area contributed by atoms with Crippen molar-refractivity contribution in [3.05, 3.63) is 22.7 Å². The second kappa shape index (κ2) is 6.30. The van der Waals surface area contributed by atoms with Gasteiger partial charge < -0.3 is 25.8 Å². The van der Waals surface area contributed by atoms with Gasteiger partial charge in [0.25, 0.3) is 0 Å². The molecule has 0 aliphatic rings. The van der Waals surface area contributed by atoms with Crippen LogP contribution in [0.5, 0.6) is 0 Å². The van der Waals surface area contributed by atoms with Gasteiger partial charge in [0.05, 0.1) is 19.8 Å². The molecular formula is C9H15N3O5. The van der Waals surface area contributed by atoms with Crippen molar-refractivity contribution in [1.29, 1.82) is 0 Å². The van der Waals surface area contributed by atoms with E-state index in [0.29, 0.717) is 0 Å². The number of hydrogen-bond donors (Lipinski definition) is 4. The van der Waals surface area contributed by atoms with Crippen molar-refractivity contribution < 1.29 is 20.1 Å². The van der Waals surface area contributed by atoms with Gasteiger partial charge in [-0.25, -0.2) is 4.79 Å². The molecule has 0 saturated carbocycles. The molecule has 1 rings (SSSR count). The fourth-order valence-electron chi connectivity index (χ4n) is 1.21. The Morgan fingerprint density at radius 2 is 2.00 bits per heavy atom. The molecule has 96 valence electrons. The highest BCUT2D eigenvalue weighted by Crippen LogP contribution is 2.08. The molecule has 1 atom stereocenters. The summed E-state index contributed by atoms with van der Waals surface area (Å²) in [6.07, 6.45) is -0.589. The van der Waals surface area contributed by atoms with Gasteiger partial charge >= 0.3 is 5.69 Å². The van der Waals surface area contributed by atoms with E-state index in [-0.39, 0.29) is 5.82 Å². The van der Waals surface area contributed by atoms with Gasteiger partial charge in [0, 0.05) is 6.20 Å². The Morgan fingerprint density at radius 3 is 2.47 bits per heavy atom. The minimum Gasteiger partial charge on any atom is -0.394 e. The smallest absolute Gasteiger partial charge is 0.351 e. The summed E-state index contributed by atoms with van der Waals surface area (Å²) in [4.78, 5) is 14.9. The summed E-state index contributed by atoms with van der Waals surface area (Å²) >= 11 is 0. The molecule has 1 aromatic heterocycles. The highest BCUT2D eigenvalue weighted by molar-refractivity contribution is 5.23. The minimum absolute atomic E-state index is 0.0591. The molecular weight excluding hydrogens is 230 g/mol. The van der Waals surface area contributed by atoms with Crippen LogP contribution >= 0.6 is 0 Å². The summed E-state index contributed by atoms with van der Waals surface area (Å²) in [7, 11) is 0. The van der Waals surface area contributed by atoms with Crippen molar-refractivity contribution in [2.45, 2.75) is 12.3 Å². The van der Waals surface area contributed by atoms with E-state index >= 15 is 0 Å². The Kier molecular flexibility index (Phi) is 5.04. The first-order valence-electron chi connectivity index (χ1n) is 4.95. The van der Waals surface area contributed by atoms with Gasteiger partial charge in [-0.1, -0.05) is 0 Å². The van der Waals surface area contributed by atoms with Crippen molar-refractivity contribution in [3.63, 3.8) is 0 Å². The number of hydrogen-bond acceptors (Lipinski definition) is 7. The van der Waals surface area contributed by atoms with Crippen LogP contribution in [-0.4, -0.2) is 50.8 Å². The Morgan fingerprint density at radius 1 is 1.35 bits per heavy atom. The lowest BCUT2D eigenvalue weighted by molar-refractivity contribution is -0.113. The summed E-state index contributed by atoms with van der Waals surface area (Å²) in [5, 5.41) is 26.8. The van der Waals surface area contributed by atoms with Crippen LogP contribution in [0.3, 0.4) is 0 Å². The Balaban J connectivity index is 2.89.